The molecular formula is C9H10Br2O2Zn. The monoisotopic (exact) mass is 372 g/mol. The number of carbonyl (C=O) groups is 1. The zero-order chi connectivity index (χ0) is 10.8. The van der Waals surface area contributed by atoms with E-state index in [1.807, 2.05) is 30.3 Å². The first-order valence-corrected chi connectivity index (χ1v) is 17.9. The Morgan fingerprint density at radius 3 is 2.29 bits per heavy atom. The average molecular weight is 375 g/mol. The van der Waals surface area contributed by atoms with Gasteiger partial charge in [0.25, 0.3) is 0 Å². The van der Waals surface area contributed by atoms with Crippen molar-refractivity contribution in [2.45, 2.75) is 13.5 Å². The Morgan fingerprint density at radius 2 is 1.86 bits per heavy atom. The topological polar surface area (TPSA) is 26.3 Å². The molecule has 0 N–H and O–H groups in total. The van der Waals surface area contributed by atoms with Crippen molar-refractivity contribution in [2.24, 2.45) is 0 Å². The summed E-state index contributed by atoms with van der Waals surface area (Å²) in [6.45, 7) is 1.78. The van der Waals surface area contributed by atoms with Crippen LogP contribution in [-0.2, 0) is 29.3 Å². The van der Waals surface area contributed by atoms with E-state index in [9.17, 15) is 4.79 Å². The Labute approximate surface area is 105 Å². The summed E-state index contributed by atoms with van der Waals surface area (Å²) in [4.78, 5) is 10.4. The molecule has 0 radical (unpaired) electrons. The standard InChI is InChI=1S/C9H10O2.2BrH.Zn/c1-8(10)11-7-9-5-3-2-4-6-9;;;/h2-6H,7H2,1H3;2*1H;/q;;;+2/p-2. The molecule has 0 aromatic heterocycles. The van der Waals surface area contributed by atoms with Crippen molar-refractivity contribution in [1.29, 1.82) is 0 Å². The molecule has 0 amide bonds. The third-order valence-electron chi connectivity index (χ3n) is 1.28. The van der Waals surface area contributed by atoms with Crippen LogP contribution in [0.1, 0.15) is 12.5 Å². The molecule has 0 atom stereocenters. The summed E-state index contributed by atoms with van der Waals surface area (Å²) < 4.78 is 4.79. The Morgan fingerprint density at radius 1 is 1.36 bits per heavy atom. The number of esters is 1. The Balaban J connectivity index is 0.000000500. The predicted octanol–water partition coefficient (Wildman–Crippen LogP) is 3.44. The van der Waals surface area contributed by atoms with E-state index in [4.69, 9.17) is 4.74 Å². The summed E-state index contributed by atoms with van der Waals surface area (Å²) in [5.74, 6) is -0.242. The van der Waals surface area contributed by atoms with Gasteiger partial charge in [-0.3, -0.25) is 4.79 Å². The van der Waals surface area contributed by atoms with E-state index < -0.39 is 0 Å². The maximum atomic E-state index is 10.4. The van der Waals surface area contributed by atoms with Gasteiger partial charge in [-0.1, -0.05) is 30.3 Å². The van der Waals surface area contributed by atoms with E-state index >= 15 is 0 Å². The Kier molecular flexibility index (Phi) is 10.0. The van der Waals surface area contributed by atoms with Crippen LogP contribution in [0.3, 0.4) is 0 Å². The van der Waals surface area contributed by atoms with E-state index in [2.05, 4.69) is 27.2 Å². The van der Waals surface area contributed by atoms with Gasteiger partial charge in [-0.25, -0.2) is 0 Å². The van der Waals surface area contributed by atoms with Crippen molar-refractivity contribution in [2.75, 3.05) is 0 Å². The molecule has 1 aromatic carbocycles. The quantitative estimate of drug-likeness (QED) is 0.585. The second-order valence-corrected chi connectivity index (χ2v) is 16.4. The van der Waals surface area contributed by atoms with Gasteiger partial charge in [0.05, 0.1) is 0 Å². The van der Waals surface area contributed by atoms with Gasteiger partial charge in [-0.2, -0.15) is 0 Å². The molecule has 0 bridgehead atoms. The summed E-state index contributed by atoms with van der Waals surface area (Å²) in [5, 5.41) is 0. The van der Waals surface area contributed by atoms with Crippen LogP contribution >= 0.6 is 27.2 Å². The van der Waals surface area contributed by atoms with Gasteiger partial charge in [0.2, 0.25) is 0 Å². The van der Waals surface area contributed by atoms with E-state index in [1.54, 1.807) is 0 Å². The van der Waals surface area contributed by atoms with Gasteiger partial charge in [0, 0.05) is 6.92 Å². The van der Waals surface area contributed by atoms with E-state index in [0.29, 0.717) is 6.61 Å². The first-order valence-electron chi connectivity index (χ1n) is 4.00. The van der Waals surface area contributed by atoms with Crippen LogP contribution < -0.4 is 0 Å². The molecule has 5 heteroatoms. The molecule has 0 aliphatic rings. The van der Waals surface area contributed by atoms with Gasteiger partial charge in [-0.05, 0) is 5.56 Å². The van der Waals surface area contributed by atoms with Crippen LogP contribution in [0.2, 0.25) is 0 Å². The molecule has 0 unspecified atom stereocenters. The molecule has 0 saturated carbocycles. The predicted molar refractivity (Wildman–Crippen MR) is 59.8 cm³/mol. The molecular weight excluding hydrogens is 365 g/mol. The SMILES string of the molecule is CC(=O)OCc1ccccc1.[Br][Zn][Br]. The van der Waals surface area contributed by atoms with Gasteiger partial charge < -0.3 is 4.74 Å². The summed E-state index contributed by atoms with van der Waals surface area (Å²) >= 11 is 6.25. The molecule has 0 spiro atoms. The second kappa shape index (κ2) is 9.81. The van der Waals surface area contributed by atoms with Gasteiger partial charge in [0.1, 0.15) is 6.61 Å². The Bertz CT molecular complexity index is 254. The zero-order valence-electron chi connectivity index (χ0n) is 7.87. The molecule has 1 rings (SSSR count). The minimum absolute atomic E-state index is 0.242. The molecule has 1 aromatic rings. The van der Waals surface area contributed by atoms with Crippen LogP contribution in [0.15, 0.2) is 30.3 Å². The van der Waals surface area contributed by atoms with Gasteiger partial charge >= 0.3 is 46.4 Å². The van der Waals surface area contributed by atoms with Crippen LogP contribution in [0.4, 0.5) is 0 Å². The van der Waals surface area contributed by atoms with Crippen molar-refractivity contribution in [3.63, 3.8) is 0 Å². The molecule has 74 valence electrons. The van der Waals surface area contributed by atoms with Gasteiger partial charge in [0.15, 0.2) is 0 Å². The van der Waals surface area contributed by atoms with Crippen molar-refractivity contribution < 1.29 is 22.7 Å². The molecule has 0 heterocycles. The number of carbonyl (C=O) groups excluding carboxylic acids is 1. The van der Waals surface area contributed by atoms with Crippen molar-refractivity contribution in [3.8, 4) is 0 Å². The molecule has 0 aliphatic carbocycles. The number of rotatable bonds is 2. The number of benzene rings is 1. The van der Waals surface area contributed by atoms with Crippen molar-refractivity contribution >= 4 is 33.2 Å². The summed E-state index contributed by atoms with van der Waals surface area (Å²) in [5.41, 5.74) is 1.02. The second-order valence-electron chi connectivity index (χ2n) is 2.37. The average Bonchev–Trinajstić information content (AvgIpc) is 2.18. The molecule has 2 nitrogen and oxygen atoms in total. The third kappa shape index (κ3) is 8.85. The van der Waals surface area contributed by atoms with Crippen LogP contribution in [-0.4, -0.2) is 5.97 Å². The fraction of sp³-hybridized carbons (Fsp3) is 0.222. The number of hydrogen-bond acceptors (Lipinski definition) is 2. The zero-order valence-corrected chi connectivity index (χ0v) is 14.0. The van der Waals surface area contributed by atoms with Crippen LogP contribution in [0.25, 0.3) is 0 Å². The first-order chi connectivity index (χ1) is 6.70. The van der Waals surface area contributed by atoms with Crippen molar-refractivity contribution in [1.82, 2.24) is 0 Å². The fourth-order valence-corrected chi connectivity index (χ4v) is 0.759. The van der Waals surface area contributed by atoms with E-state index in [-0.39, 0.29) is 19.2 Å². The maximum absolute atomic E-state index is 10.4. The summed E-state index contributed by atoms with van der Waals surface area (Å²) in [7, 11) is 0. The first kappa shape index (κ1) is 14.3. The number of ether oxygens (including phenoxy) is 1. The van der Waals surface area contributed by atoms with E-state index in [1.165, 1.54) is 6.92 Å². The normalized spacial score (nSPS) is 7.93. The fourth-order valence-electron chi connectivity index (χ4n) is 0.759. The third-order valence-corrected chi connectivity index (χ3v) is 1.28. The summed E-state index contributed by atoms with van der Waals surface area (Å²) in [6, 6.07) is 9.60. The molecule has 0 fully saturated rings. The molecule has 14 heavy (non-hydrogen) atoms. The van der Waals surface area contributed by atoms with Crippen molar-refractivity contribution in [3.05, 3.63) is 35.9 Å². The minimum atomic E-state index is -0.250. The van der Waals surface area contributed by atoms with E-state index in [0.717, 1.165) is 5.56 Å². The van der Waals surface area contributed by atoms with Gasteiger partial charge in [-0.15, -0.1) is 0 Å². The Hall–Kier alpha value is 0.273. The summed E-state index contributed by atoms with van der Waals surface area (Å²) in [6.07, 6.45) is 0. The number of hydrogen-bond donors (Lipinski definition) is 0. The van der Waals surface area contributed by atoms with Crippen LogP contribution in [0.5, 0.6) is 0 Å². The van der Waals surface area contributed by atoms with Crippen LogP contribution in [0, 0.1) is 0 Å². The number of halogens is 2. The molecule has 0 aliphatic heterocycles. The molecule has 0 saturated heterocycles.